The van der Waals surface area contributed by atoms with Crippen LogP contribution in [0.3, 0.4) is 0 Å². The topological polar surface area (TPSA) is 46.5 Å². The minimum atomic E-state index is 0.645. The van der Waals surface area contributed by atoms with Gasteiger partial charge in [-0.1, -0.05) is 0 Å². The van der Waals surface area contributed by atoms with Crippen LogP contribution in [0.2, 0.25) is 0 Å². The maximum absolute atomic E-state index is 5.28. The third kappa shape index (κ3) is 2.95. The predicted octanol–water partition coefficient (Wildman–Crippen LogP) is 2.47. The van der Waals surface area contributed by atoms with E-state index in [4.69, 9.17) is 4.74 Å². The van der Waals surface area contributed by atoms with Crippen molar-refractivity contribution in [3.8, 4) is 5.88 Å². The molecule has 0 amide bonds. The van der Waals surface area contributed by atoms with Crippen molar-refractivity contribution < 1.29 is 4.74 Å². The highest BCUT2D eigenvalue weighted by atomic mass is 16.5. The zero-order chi connectivity index (χ0) is 11.2. The zero-order valence-electron chi connectivity index (χ0n) is 9.57. The number of hydrogen-bond donors (Lipinski definition) is 1. The van der Waals surface area contributed by atoms with E-state index in [9.17, 15) is 0 Å². The molecule has 0 unspecified atom stereocenters. The summed E-state index contributed by atoms with van der Waals surface area (Å²) in [4.78, 5) is 8.62. The summed E-state index contributed by atoms with van der Waals surface area (Å²) in [6.07, 6.45) is 5.23. The van der Waals surface area contributed by atoms with Gasteiger partial charge in [0.15, 0.2) is 0 Å². The molecule has 86 valence electrons. The summed E-state index contributed by atoms with van der Waals surface area (Å²) < 4.78 is 5.28. The second-order valence-corrected chi connectivity index (χ2v) is 3.73. The lowest BCUT2D eigenvalue weighted by atomic mass is 10.2. The SMILES string of the molecule is CCOc1ccc(NC2=NCCCC2)cn1. The Bertz CT molecular complexity index is 359. The van der Waals surface area contributed by atoms with Crippen molar-refractivity contribution in [2.75, 3.05) is 18.5 Å². The molecule has 0 saturated heterocycles. The summed E-state index contributed by atoms with van der Waals surface area (Å²) in [5.74, 6) is 1.73. The van der Waals surface area contributed by atoms with E-state index in [0.717, 1.165) is 24.5 Å². The number of ether oxygens (including phenoxy) is 1. The molecule has 1 aromatic heterocycles. The van der Waals surface area contributed by atoms with Gasteiger partial charge in [0.2, 0.25) is 5.88 Å². The number of rotatable bonds is 3. The van der Waals surface area contributed by atoms with Crippen molar-refractivity contribution in [1.29, 1.82) is 0 Å². The Morgan fingerprint density at radius 1 is 1.38 bits per heavy atom. The molecule has 4 nitrogen and oxygen atoms in total. The first-order valence-corrected chi connectivity index (χ1v) is 5.77. The van der Waals surface area contributed by atoms with E-state index in [1.165, 1.54) is 12.8 Å². The van der Waals surface area contributed by atoms with Crippen LogP contribution < -0.4 is 10.1 Å². The molecule has 2 rings (SSSR count). The van der Waals surface area contributed by atoms with E-state index in [0.29, 0.717) is 12.5 Å². The van der Waals surface area contributed by atoms with Crippen LogP contribution in [0.15, 0.2) is 23.3 Å². The molecule has 0 radical (unpaired) electrons. The summed E-state index contributed by atoms with van der Waals surface area (Å²) in [7, 11) is 0. The molecule has 0 atom stereocenters. The van der Waals surface area contributed by atoms with Crippen molar-refractivity contribution in [2.24, 2.45) is 4.99 Å². The van der Waals surface area contributed by atoms with E-state index in [1.807, 2.05) is 19.1 Å². The molecule has 1 aromatic rings. The zero-order valence-corrected chi connectivity index (χ0v) is 9.57. The Kier molecular flexibility index (Phi) is 3.75. The first kappa shape index (κ1) is 10.9. The Morgan fingerprint density at radius 3 is 2.94 bits per heavy atom. The predicted molar refractivity (Wildman–Crippen MR) is 65.2 cm³/mol. The Hall–Kier alpha value is -1.58. The third-order valence-electron chi connectivity index (χ3n) is 2.44. The normalized spacial score (nSPS) is 15.4. The van der Waals surface area contributed by atoms with Crippen molar-refractivity contribution in [2.45, 2.75) is 26.2 Å². The molecule has 0 bridgehead atoms. The number of nitrogens with zero attached hydrogens (tertiary/aromatic N) is 2. The fourth-order valence-corrected chi connectivity index (χ4v) is 1.65. The van der Waals surface area contributed by atoms with Gasteiger partial charge in [-0.15, -0.1) is 0 Å². The van der Waals surface area contributed by atoms with Gasteiger partial charge in [-0.25, -0.2) is 4.98 Å². The highest BCUT2D eigenvalue weighted by molar-refractivity contribution is 5.95. The summed E-state index contributed by atoms with van der Waals surface area (Å²) in [6.45, 7) is 3.53. The van der Waals surface area contributed by atoms with Crippen LogP contribution in [0, 0.1) is 0 Å². The molecular formula is C12H17N3O. The van der Waals surface area contributed by atoms with Crippen LogP contribution in [0.25, 0.3) is 0 Å². The van der Waals surface area contributed by atoms with Crippen molar-refractivity contribution >= 4 is 11.5 Å². The highest BCUT2D eigenvalue weighted by Crippen LogP contribution is 2.14. The third-order valence-corrected chi connectivity index (χ3v) is 2.44. The van der Waals surface area contributed by atoms with E-state index >= 15 is 0 Å². The summed E-state index contributed by atoms with van der Waals surface area (Å²) in [5.41, 5.74) is 0.976. The molecule has 1 aliphatic rings. The van der Waals surface area contributed by atoms with Gasteiger partial charge in [0.1, 0.15) is 5.84 Å². The minimum Gasteiger partial charge on any atom is -0.478 e. The van der Waals surface area contributed by atoms with Gasteiger partial charge in [0, 0.05) is 19.0 Å². The highest BCUT2D eigenvalue weighted by Gasteiger charge is 2.05. The van der Waals surface area contributed by atoms with E-state index < -0.39 is 0 Å². The summed E-state index contributed by atoms with van der Waals surface area (Å²) in [5, 5.41) is 3.28. The Balaban J connectivity index is 1.96. The molecule has 0 saturated carbocycles. The van der Waals surface area contributed by atoms with Gasteiger partial charge < -0.3 is 10.1 Å². The number of anilines is 1. The average Bonchev–Trinajstić information content (AvgIpc) is 2.33. The molecule has 1 aliphatic heterocycles. The van der Waals surface area contributed by atoms with E-state index in [2.05, 4.69) is 15.3 Å². The van der Waals surface area contributed by atoms with E-state index in [-0.39, 0.29) is 0 Å². The standard InChI is InChI=1S/C12H17N3O/c1-2-16-12-7-6-10(9-14-12)15-11-5-3-4-8-13-11/h6-7,9H,2-5,8H2,1H3,(H,13,15). The number of aromatic nitrogens is 1. The van der Waals surface area contributed by atoms with Gasteiger partial charge in [-0.05, 0) is 25.8 Å². The lowest BCUT2D eigenvalue weighted by molar-refractivity contribution is 0.327. The largest absolute Gasteiger partial charge is 0.478 e. The lowest BCUT2D eigenvalue weighted by Crippen LogP contribution is -2.16. The Labute approximate surface area is 95.8 Å². The summed E-state index contributed by atoms with van der Waals surface area (Å²) in [6, 6.07) is 3.84. The van der Waals surface area contributed by atoms with Gasteiger partial charge in [-0.2, -0.15) is 0 Å². The fraction of sp³-hybridized carbons (Fsp3) is 0.500. The van der Waals surface area contributed by atoms with E-state index in [1.54, 1.807) is 6.20 Å². The molecule has 1 N–H and O–H groups in total. The first-order chi connectivity index (χ1) is 7.88. The maximum Gasteiger partial charge on any atom is 0.213 e. The van der Waals surface area contributed by atoms with Gasteiger partial charge in [0.05, 0.1) is 18.5 Å². The van der Waals surface area contributed by atoms with Crippen LogP contribution in [0.5, 0.6) is 5.88 Å². The van der Waals surface area contributed by atoms with Crippen LogP contribution in [0.4, 0.5) is 5.69 Å². The van der Waals surface area contributed by atoms with Crippen molar-refractivity contribution in [3.05, 3.63) is 18.3 Å². The number of aliphatic imine (C=N–C) groups is 1. The van der Waals surface area contributed by atoms with Crippen LogP contribution in [0.1, 0.15) is 26.2 Å². The van der Waals surface area contributed by atoms with Gasteiger partial charge in [-0.3, -0.25) is 4.99 Å². The molecule has 16 heavy (non-hydrogen) atoms. The second-order valence-electron chi connectivity index (χ2n) is 3.73. The fourth-order valence-electron chi connectivity index (χ4n) is 1.65. The average molecular weight is 219 g/mol. The van der Waals surface area contributed by atoms with Crippen LogP contribution in [-0.2, 0) is 0 Å². The van der Waals surface area contributed by atoms with Crippen molar-refractivity contribution in [1.82, 2.24) is 4.98 Å². The monoisotopic (exact) mass is 219 g/mol. The molecule has 0 spiro atoms. The van der Waals surface area contributed by atoms with Crippen molar-refractivity contribution in [3.63, 3.8) is 0 Å². The maximum atomic E-state index is 5.28. The van der Waals surface area contributed by atoms with Crippen LogP contribution in [-0.4, -0.2) is 24.0 Å². The quantitative estimate of drug-likeness (QED) is 0.849. The molecule has 2 heterocycles. The van der Waals surface area contributed by atoms with Crippen LogP contribution >= 0.6 is 0 Å². The second kappa shape index (κ2) is 5.49. The lowest BCUT2D eigenvalue weighted by Gasteiger charge is -2.13. The molecular weight excluding hydrogens is 202 g/mol. The number of pyridine rings is 1. The van der Waals surface area contributed by atoms with Gasteiger partial charge in [0.25, 0.3) is 0 Å². The minimum absolute atomic E-state index is 0.645. The number of nitrogens with one attached hydrogen (secondary N) is 1. The summed E-state index contributed by atoms with van der Waals surface area (Å²) >= 11 is 0. The number of amidine groups is 1. The molecule has 0 aliphatic carbocycles. The molecule has 0 fully saturated rings. The van der Waals surface area contributed by atoms with Gasteiger partial charge >= 0.3 is 0 Å². The first-order valence-electron chi connectivity index (χ1n) is 5.77. The number of hydrogen-bond acceptors (Lipinski definition) is 4. The molecule has 4 heteroatoms. The Morgan fingerprint density at radius 2 is 2.31 bits per heavy atom. The molecule has 0 aromatic carbocycles. The smallest absolute Gasteiger partial charge is 0.213 e.